The lowest BCUT2D eigenvalue weighted by Crippen LogP contribution is -2.61. The number of thioether (sulfide) groups is 1. The standard InChI is InChI=1S/C49H88N16O17S/c1-24(2)19-31(61-39(72)26(51)9-8-17-56-49(54)55)45(78)63-33(21-37(53)69)46(79)58-28(11-13-36(52)68)41(74)62-32(20-25(3)4)44(77)59-29(12-14-38(70)71)42(75)64-34(22-66)47(80)57-27(10-6-7-16-50)40(73)60-30(15-18-83-5)43(76)65-35(23-67)48(81)82/h24-35,66-67H,6-23,50-51H2,1-5H3,(H2,52,68)(H2,53,69)(H,57,80)(H,58,79)(H,59,77)(H,60,73)(H,61,72)(H,62,74)(H,63,78)(H,64,75)(H,65,76)(H,70,71)(H,81,82)(H4,54,55,56)/t26-,27-,28-,29-,30-,31-,32-,33-,34-,35-/m0/s1. The number of nitrogens with one attached hydrogen (secondary N) is 11. The number of primary amides is 2. The van der Waals surface area contributed by atoms with Crippen molar-refractivity contribution in [1.82, 2.24) is 53.2 Å². The van der Waals surface area contributed by atoms with Crippen LogP contribution in [0.1, 0.15) is 111 Å². The molecule has 10 atom stereocenters. The second-order valence-electron chi connectivity index (χ2n) is 20.3. The minimum atomic E-state index is -1.87. The highest BCUT2D eigenvalue weighted by Gasteiger charge is 2.36. The number of carboxylic acid groups (broad SMARTS) is 2. The Hall–Kier alpha value is -7.43. The Labute approximate surface area is 485 Å². The van der Waals surface area contributed by atoms with Gasteiger partial charge in [-0.1, -0.05) is 27.7 Å². The zero-order valence-corrected chi connectivity index (χ0v) is 48.4. The molecular formula is C49H88N16O17S. The second-order valence-corrected chi connectivity index (χ2v) is 21.3. The van der Waals surface area contributed by atoms with Crippen molar-refractivity contribution in [3.8, 4) is 0 Å². The number of nitrogens with two attached hydrogens (primary N) is 5. The fourth-order valence-corrected chi connectivity index (χ4v) is 8.16. The van der Waals surface area contributed by atoms with Gasteiger partial charge in [0.25, 0.3) is 0 Å². The first-order valence-electron chi connectivity index (χ1n) is 26.9. The third kappa shape index (κ3) is 32.1. The first-order chi connectivity index (χ1) is 38.9. The zero-order valence-electron chi connectivity index (χ0n) is 47.5. The van der Waals surface area contributed by atoms with E-state index < -0.39 is 189 Å². The molecule has 0 aromatic carbocycles. The van der Waals surface area contributed by atoms with Gasteiger partial charge in [-0.3, -0.25) is 62.9 Å². The van der Waals surface area contributed by atoms with E-state index in [1.165, 1.54) is 11.8 Å². The summed E-state index contributed by atoms with van der Waals surface area (Å²) in [7, 11) is 0. The van der Waals surface area contributed by atoms with E-state index >= 15 is 0 Å². The SMILES string of the molecule is CSCC[C@H](NC(=O)[C@H](CCCCN)NC(=O)[C@H](CO)NC(=O)[C@H](CCC(=O)O)NC(=O)[C@H](CC(C)C)NC(=O)[C@H](CCC(N)=O)NC(=O)[C@H](CC(N)=O)NC(=O)[C@H](CC(C)C)NC(=O)[C@@H](N)CCCNC(=N)N)C(=O)N[C@@H](CO)C(=O)O. The maximum absolute atomic E-state index is 14.1. The smallest absolute Gasteiger partial charge is 0.328 e. The van der Waals surface area contributed by atoms with Crippen molar-refractivity contribution < 1.29 is 82.8 Å². The van der Waals surface area contributed by atoms with Crippen molar-refractivity contribution in [3.63, 3.8) is 0 Å². The molecule has 0 aromatic rings. The van der Waals surface area contributed by atoms with Crippen LogP contribution in [0, 0.1) is 17.2 Å². The summed E-state index contributed by atoms with van der Waals surface area (Å²) in [5, 5.41) is 69.7. The monoisotopic (exact) mass is 1200 g/mol. The zero-order chi connectivity index (χ0) is 63.5. The number of amides is 11. The van der Waals surface area contributed by atoms with Crippen LogP contribution in [-0.2, 0) is 62.3 Å². The lowest BCUT2D eigenvalue weighted by atomic mass is 10.0. The number of aliphatic hydroxyl groups is 2. The van der Waals surface area contributed by atoms with Gasteiger partial charge in [0.1, 0.15) is 54.4 Å². The Morgan fingerprint density at radius 1 is 0.470 bits per heavy atom. The maximum Gasteiger partial charge on any atom is 0.328 e. The quantitative estimate of drug-likeness (QED) is 0.0153. The number of rotatable bonds is 44. The normalized spacial score (nSPS) is 14.7. The Balaban J connectivity index is 6.76. The molecule has 83 heavy (non-hydrogen) atoms. The molecule has 0 aliphatic carbocycles. The average Bonchev–Trinajstić information content (AvgIpc) is 3.41. The van der Waals surface area contributed by atoms with Crippen LogP contribution in [0.25, 0.3) is 0 Å². The molecular weight excluding hydrogens is 1120 g/mol. The highest BCUT2D eigenvalue weighted by molar-refractivity contribution is 7.98. The van der Waals surface area contributed by atoms with Crippen LogP contribution in [0.4, 0.5) is 0 Å². The summed E-state index contributed by atoms with van der Waals surface area (Å²) in [6.07, 6.45) is -0.771. The molecule has 0 spiro atoms. The molecule has 0 aromatic heterocycles. The molecule has 0 saturated heterocycles. The summed E-state index contributed by atoms with van der Waals surface area (Å²) >= 11 is 1.29. The topological polar surface area (TPSA) is 577 Å². The van der Waals surface area contributed by atoms with E-state index in [1.807, 2.05) is 0 Å². The van der Waals surface area contributed by atoms with Crippen LogP contribution < -0.4 is 81.8 Å². The van der Waals surface area contributed by atoms with E-state index in [4.69, 9.17) is 34.1 Å². The lowest BCUT2D eigenvalue weighted by molar-refractivity contribution is -0.143. The molecule has 0 bridgehead atoms. The first-order valence-corrected chi connectivity index (χ1v) is 28.3. The van der Waals surface area contributed by atoms with Crippen molar-refractivity contribution in [2.45, 2.75) is 172 Å². The fraction of sp³-hybridized carbons (Fsp3) is 0.714. The highest BCUT2D eigenvalue weighted by Crippen LogP contribution is 2.12. The van der Waals surface area contributed by atoms with Gasteiger partial charge in [-0.05, 0) is 94.6 Å². The number of hydrogen-bond acceptors (Lipinski definition) is 19. The van der Waals surface area contributed by atoms with E-state index in [0.29, 0.717) is 18.6 Å². The molecule has 34 heteroatoms. The van der Waals surface area contributed by atoms with Gasteiger partial charge in [-0.25, -0.2) is 4.79 Å². The van der Waals surface area contributed by atoms with Gasteiger partial charge in [0.15, 0.2) is 5.96 Å². The highest BCUT2D eigenvalue weighted by atomic mass is 32.2. The van der Waals surface area contributed by atoms with Crippen LogP contribution in [0.5, 0.6) is 0 Å². The minimum Gasteiger partial charge on any atom is -0.481 e. The Morgan fingerprint density at radius 3 is 1.27 bits per heavy atom. The average molecular weight is 1210 g/mol. The summed E-state index contributed by atoms with van der Waals surface area (Å²) in [6.45, 7) is 5.08. The predicted octanol–water partition coefficient (Wildman–Crippen LogP) is -7.01. The predicted molar refractivity (Wildman–Crippen MR) is 300 cm³/mol. The van der Waals surface area contributed by atoms with Crippen LogP contribution in [0.2, 0.25) is 0 Å². The summed E-state index contributed by atoms with van der Waals surface area (Å²) < 4.78 is 0. The molecule has 11 amide bonds. The summed E-state index contributed by atoms with van der Waals surface area (Å²) in [5.41, 5.74) is 27.8. The number of aliphatic hydroxyl groups excluding tert-OH is 2. The summed E-state index contributed by atoms with van der Waals surface area (Å²) in [5.74, 6) is -15.0. The lowest BCUT2D eigenvalue weighted by Gasteiger charge is -2.28. The number of hydrogen-bond donors (Lipinski definition) is 20. The van der Waals surface area contributed by atoms with Crippen molar-refractivity contribution >= 4 is 94.6 Å². The first kappa shape index (κ1) is 75.6. The molecule has 0 rings (SSSR count). The van der Waals surface area contributed by atoms with E-state index in [9.17, 15) is 82.8 Å². The van der Waals surface area contributed by atoms with E-state index in [1.54, 1.807) is 34.0 Å². The maximum atomic E-state index is 14.1. The summed E-state index contributed by atoms with van der Waals surface area (Å²) in [4.78, 5) is 171. The van der Waals surface area contributed by atoms with Gasteiger partial charge >= 0.3 is 11.9 Å². The van der Waals surface area contributed by atoms with Crippen molar-refractivity contribution in [2.75, 3.05) is 38.3 Å². The molecule has 33 nitrogen and oxygen atoms in total. The second kappa shape index (κ2) is 40.7. The molecule has 25 N–H and O–H groups in total. The molecule has 0 fully saturated rings. The molecule has 0 heterocycles. The van der Waals surface area contributed by atoms with Crippen molar-refractivity contribution in [2.24, 2.45) is 40.5 Å². The van der Waals surface area contributed by atoms with E-state index in [-0.39, 0.29) is 63.5 Å². The van der Waals surface area contributed by atoms with Gasteiger partial charge < -0.3 is 102 Å². The number of aliphatic carboxylic acids is 2. The number of carbonyl (C=O) groups excluding carboxylic acids is 11. The van der Waals surface area contributed by atoms with Gasteiger partial charge in [0.2, 0.25) is 65.0 Å². The molecule has 0 aliphatic rings. The molecule has 472 valence electrons. The Bertz CT molecular complexity index is 2210. The van der Waals surface area contributed by atoms with E-state index in [0.717, 1.165) is 0 Å². The van der Waals surface area contributed by atoms with Gasteiger partial charge in [0.05, 0.1) is 25.7 Å². The number of carbonyl (C=O) groups is 13. The van der Waals surface area contributed by atoms with E-state index in [2.05, 4.69) is 53.2 Å². The van der Waals surface area contributed by atoms with Gasteiger partial charge in [-0.2, -0.15) is 11.8 Å². The Kier molecular flexibility index (Phi) is 37.1. The van der Waals surface area contributed by atoms with Crippen molar-refractivity contribution in [3.05, 3.63) is 0 Å². The largest absolute Gasteiger partial charge is 0.481 e. The minimum absolute atomic E-state index is 0.0148. The van der Waals surface area contributed by atoms with Crippen LogP contribution in [0.15, 0.2) is 0 Å². The third-order valence-electron chi connectivity index (χ3n) is 12.1. The third-order valence-corrected chi connectivity index (χ3v) is 12.7. The van der Waals surface area contributed by atoms with Crippen LogP contribution in [0.3, 0.4) is 0 Å². The number of carboxylic acids is 2. The molecule has 0 unspecified atom stereocenters. The fourth-order valence-electron chi connectivity index (χ4n) is 7.69. The molecule has 0 saturated carbocycles. The van der Waals surface area contributed by atoms with Gasteiger partial charge in [-0.15, -0.1) is 0 Å². The van der Waals surface area contributed by atoms with Gasteiger partial charge in [0, 0.05) is 19.4 Å². The van der Waals surface area contributed by atoms with Crippen LogP contribution >= 0.6 is 11.8 Å². The van der Waals surface area contributed by atoms with Crippen molar-refractivity contribution in [1.29, 1.82) is 5.41 Å². The molecule has 0 radical (unpaired) electrons. The number of unbranched alkanes of at least 4 members (excludes halogenated alkanes) is 1. The van der Waals surface area contributed by atoms with Crippen LogP contribution in [-0.4, -0.2) is 202 Å². The summed E-state index contributed by atoms with van der Waals surface area (Å²) in [6, 6.07) is -15.7. The molecule has 0 aliphatic heterocycles. The Morgan fingerprint density at radius 2 is 0.855 bits per heavy atom. The number of guanidine groups is 1.